The summed E-state index contributed by atoms with van der Waals surface area (Å²) in [5, 5.41) is 2.51. The lowest BCUT2D eigenvalue weighted by Crippen LogP contribution is -2.02. The van der Waals surface area contributed by atoms with E-state index in [1.165, 1.54) is 11.3 Å². The van der Waals surface area contributed by atoms with E-state index in [1.54, 1.807) is 6.92 Å². The monoisotopic (exact) mass is 266 g/mol. The molecule has 2 aromatic rings. The first kappa shape index (κ1) is 12.1. The first-order valence-corrected chi connectivity index (χ1v) is 6.48. The van der Waals surface area contributed by atoms with Crippen molar-refractivity contribution in [2.75, 3.05) is 6.61 Å². The quantitative estimate of drug-likeness (QED) is 0.777. The molecule has 0 saturated carbocycles. The Bertz CT molecular complexity index is 516. The van der Waals surface area contributed by atoms with Crippen molar-refractivity contribution in [3.8, 4) is 10.4 Å². The summed E-state index contributed by atoms with van der Waals surface area (Å²) < 4.78 is 4.94. The normalized spacial score (nSPS) is 10.2. The van der Waals surface area contributed by atoms with Gasteiger partial charge in [0.25, 0.3) is 0 Å². The van der Waals surface area contributed by atoms with Crippen molar-refractivity contribution >= 4 is 28.9 Å². The second-order valence-corrected chi connectivity index (χ2v) is 4.77. The molecule has 0 saturated heterocycles. The molecule has 1 heterocycles. The summed E-state index contributed by atoms with van der Waals surface area (Å²) in [5.74, 6) is -0.274. The van der Waals surface area contributed by atoms with Crippen molar-refractivity contribution < 1.29 is 9.53 Å². The minimum Gasteiger partial charge on any atom is -0.462 e. The van der Waals surface area contributed by atoms with Crippen LogP contribution in [0.25, 0.3) is 10.4 Å². The highest BCUT2D eigenvalue weighted by molar-refractivity contribution is 7.13. The maximum Gasteiger partial charge on any atom is 0.338 e. The molecule has 1 aromatic carbocycles. The summed E-state index contributed by atoms with van der Waals surface area (Å²) in [6.45, 7) is 2.19. The van der Waals surface area contributed by atoms with Crippen LogP contribution in [-0.2, 0) is 4.74 Å². The van der Waals surface area contributed by atoms with Gasteiger partial charge in [0, 0.05) is 15.3 Å². The molecule has 0 aliphatic heterocycles. The van der Waals surface area contributed by atoms with Crippen LogP contribution >= 0.6 is 22.9 Å². The number of carbonyl (C=O) groups excluding carboxylic acids is 1. The SMILES string of the molecule is CCOC(=O)c1csc(-c2ccc(Cl)cc2)c1. The molecule has 2 nitrogen and oxygen atoms in total. The van der Waals surface area contributed by atoms with Gasteiger partial charge in [0.15, 0.2) is 0 Å². The second-order valence-electron chi connectivity index (χ2n) is 3.43. The number of esters is 1. The summed E-state index contributed by atoms with van der Waals surface area (Å²) in [6, 6.07) is 9.37. The Morgan fingerprint density at radius 1 is 1.35 bits per heavy atom. The molecule has 0 aliphatic rings. The van der Waals surface area contributed by atoms with Crippen molar-refractivity contribution in [2.45, 2.75) is 6.92 Å². The maximum atomic E-state index is 11.5. The average molecular weight is 267 g/mol. The fourth-order valence-corrected chi connectivity index (χ4v) is 2.43. The molecule has 0 radical (unpaired) electrons. The van der Waals surface area contributed by atoms with Crippen LogP contribution in [0.1, 0.15) is 17.3 Å². The predicted octanol–water partition coefficient (Wildman–Crippen LogP) is 4.25. The van der Waals surface area contributed by atoms with Gasteiger partial charge in [-0.2, -0.15) is 0 Å². The highest BCUT2D eigenvalue weighted by Gasteiger charge is 2.10. The van der Waals surface area contributed by atoms with E-state index in [2.05, 4.69) is 0 Å². The fraction of sp³-hybridized carbons (Fsp3) is 0.154. The first-order chi connectivity index (χ1) is 8.20. The molecule has 0 N–H and O–H groups in total. The van der Waals surface area contributed by atoms with E-state index in [9.17, 15) is 4.79 Å². The van der Waals surface area contributed by atoms with Gasteiger partial charge >= 0.3 is 5.97 Å². The van der Waals surface area contributed by atoms with Crippen LogP contribution in [0.4, 0.5) is 0 Å². The van der Waals surface area contributed by atoms with Crippen molar-refractivity contribution in [3.05, 3.63) is 46.3 Å². The standard InChI is InChI=1S/C13H11ClO2S/c1-2-16-13(15)10-7-12(17-8-10)9-3-5-11(14)6-4-9/h3-8H,2H2,1H3. The largest absolute Gasteiger partial charge is 0.462 e. The number of hydrogen-bond acceptors (Lipinski definition) is 3. The zero-order valence-electron chi connectivity index (χ0n) is 9.27. The molecule has 0 spiro atoms. The number of ether oxygens (including phenoxy) is 1. The fourth-order valence-electron chi connectivity index (χ4n) is 1.42. The van der Waals surface area contributed by atoms with Crippen molar-refractivity contribution in [3.63, 3.8) is 0 Å². The molecule has 0 bridgehead atoms. The lowest BCUT2D eigenvalue weighted by molar-refractivity contribution is 0.0527. The van der Waals surface area contributed by atoms with Gasteiger partial charge in [0.2, 0.25) is 0 Å². The van der Waals surface area contributed by atoms with E-state index in [4.69, 9.17) is 16.3 Å². The number of hydrogen-bond donors (Lipinski definition) is 0. The van der Waals surface area contributed by atoms with Crippen LogP contribution in [0.2, 0.25) is 5.02 Å². The van der Waals surface area contributed by atoms with E-state index in [-0.39, 0.29) is 5.97 Å². The Morgan fingerprint density at radius 2 is 2.06 bits per heavy atom. The lowest BCUT2D eigenvalue weighted by Gasteiger charge is -1.98. The Balaban J connectivity index is 2.23. The first-order valence-electron chi connectivity index (χ1n) is 5.22. The highest BCUT2D eigenvalue weighted by Crippen LogP contribution is 2.28. The van der Waals surface area contributed by atoms with Crippen molar-refractivity contribution in [2.24, 2.45) is 0 Å². The Morgan fingerprint density at radius 3 is 2.71 bits per heavy atom. The molecule has 0 atom stereocenters. The predicted molar refractivity (Wildman–Crippen MR) is 70.7 cm³/mol. The van der Waals surface area contributed by atoms with Gasteiger partial charge in [-0.3, -0.25) is 0 Å². The summed E-state index contributed by atoms with van der Waals surface area (Å²) in [4.78, 5) is 12.5. The topological polar surface area (TPSA) is 26.3 Å². The lowest BCUT2D eigenvalue weighted by atomic mass is 10.2. The summed E-state index contributed by atoms with van der Waals surface area (Å²) >= 11 is 7.34. The molecule has 1 aromatic heterocycles. The minimum atomic E-state index is -0.274. The maximum absolute atomic E-state index is 11.5. The van der Waals surface area contributed by atoms with Gasteiger partial charge in [-0.25, -0.2) is 4.79 Å². The third kappa shape index (κ3) is 2.87. The molecule has 2 rings (SSSR count). The van der Waals surface area contributed by atoms with Crippen LogP contribution < -0.4 is 0 Å². The van der Waals surface area contributed by atoms with Gasteiger partial charge in [0.05, 0.1) is 12.2 Å². The molecule has 0 unspecified atom stereocenters. The van der Waals surface area contributed by atoms with E-state index in [0.29, 0.717) is 17.2 Å². The molecular formula is C13H11ClO2S. The zero-order valence-corrected chi connectivity index (χ0v) is 10.8. The number of benzene rings is 1. The van der Waals surface area contributed by atoms with Crippen LogP contribution in [0.15, 0.2) is 35.7 Å². The Kier molecular flexibility index (Phi) is 3.82. The average Bonchev–Trinajstić information content (AvgIpc) is 2.80. The van der Waals surface area contributed by atoms with Crippen LogP contribution in [0, 0.1) is 0 Å². The Labute approximate surface area is 109 Å². The third-order valence-electron chi connectivity index (χ3n) is 2.24. The molecule has 4 heteroatoms. The molecule has 88 valence electrons. The Hall–Kier alpha value is -1.32. The van der Waals surface area contributed by atoms with E-state index >= 15 is 0 Å². The summed E-state index contributed by atoms with van der Waals surface area (Å²) in [6.07, 6.45) is 0. The third-order valence-corrected chi connectivity index (χ3v) is 3.47. The zero-order chi connectivity index (χ0) is 12.3. The number of halogens is 1. The number of thiophene rings is 1. The minimum absolute atomic E-state index is 0.274. The molecule has 17 heavy (non-hydrogen) atoms. The highest BCUT2D eigenvalue weighted by atomic mass is 35.5. The van der Waals surface area contributed by atoms with Gasteiger partial charge in [-0.05, 0) is 30.7 Å². The van der Waals surface area contributed by atoms with Gasteiger partial charge in [-0.1, -0.05) is 23.7 Å². The number of carbonyl (C=O) groups is 1. The van der Waals surface area contributed by atoms with Gasteiger partial charge in [0.1, 0.15) is 0 Å². The number of rotatable bonds is 3. The van der Waals surface area contributed by atoms with Crippen LogP contribution in [0.5, 0.6) is 0 Å². The van der Waals surface area contributed by atoms with E-state index in [1.807, 2.05) is 35.7 Å². The van der Waals surface area contributed by atoms with E-state index in [0.717, 1.165) is 10.4 Å². The molecule has 0 fully saturated rings. The van der Waals surface area contributed by atoms with Crippen LogP contribution in [-0.4, -0.2) is 12.6 Å². The summed E-state index contributed by atoms with van der Waals surface area (Å²) in [5.41, 5.74) is 1.65. The molecule has 0 amide bonds. The van der Waals surface area contributed by atoms with Crippen LogP contribution in [0.3, 0.4) is 0 Å². The van der Waals surface area contributed by atoms with E-state index < -0.39 is 0 Å². The summed E-state index contributed by atoms with van der Waals surface area (Å²) in [7, 11) is 0. The molecule has 0 aliphatic carbocycles. The molecular weight excluding hydrogens is 256 g/mol. The van der Waals surface area contributed by atoms with Gasteiger partial charge < -0.3 is 4.74 Å². The van der Waals surface area contributed by atoms with Crippen molar-refractivity contribution in [1.82, 2.24) is 0 Å². The van der Waals surface area contributed by atoms with Crippen molar-refractivity contribution in [1.29, 1.82) is 0 Å². The second kappa shape index (κ2) is 5.34. The smallest absolute Gasteiger partial charge is 0.338 e. The van der Waals surface area contributed by atoms with Gasteiger partial charge in [-0.15, -0.1) is 11.3 Å².